The van der Waals surface area contributed by atoms with Gasteiger partial charge in [-0.05, 0) is 32.1 Å². The molecule has 0 bridgehead atoms. The van der Waals surface area contributed by atoms with E-state index in [9.17, 15) is 4.79 Å². The van der Waals surface area contributed by atoms with Crippen LogP contribution < -0.4 is 0 Å². The third-order valence-corrected chi connectivity index (χ3v) is 3.15. The van der Waals surface area contributed by atoms with Crippen LogP contribution in [0.3, 0.4) is 0 Å². The van der Waals surface area contributed by atoms with E-state index in [1.165, 1.54) is 6.42 Å². The van der Waals surface area contributed by atoms with Crippen molar-refractivity contribution in [1.82, 2.24) is 4.90 Å². The first-order valence-corrected chi connectivity index (χ1v) is 5.24. The molecule has 1 aliphatic heterocycles. The summed E-state index contributed by atoms with van der Waals surface area (Å²) >= 11 is 0. The average Bonchev–Trinajstić information content (AvgIpc) is 1.98. The molecular weight excluding hydrogens is 162 g/mol. The number of piperidine rings is 1. The Labute approximate surface area is 81.3 Å². The molecule has 1 heterocycles. The smallest absolute Gasteiger partial charge is 0.143 e. The average molecular weight is 183 g/mol. The van der Waals surface area contributed by atoms with Crippen LogP contribution in [-0.2, 0) is 4.79 Å². The first kappa shape index (κ1) is 10.7. The molecule has 0 N–H and O–H groups in total. The Kier molecular flexibility index (Phi) is 3.48. The van der Waals surface area contributed by atoms with Crippen LogP contribution in [0.1, 0.15) is 34.1 Å². The maximum atomic E-state index is 11.0. The normalized spacial score (nSPS) is 36.2. The number of hydrogen-bond acceptors (Lipinski definition) is 2. The fraction of sp³-hybridized carbons (Fsp3) is 0.909. The van der Waals surface area contributed by atoms with E-state index in [-0.39, 0.29) is 5.78 Å². The van der Waals surface area contributed by atoms with Crippen LogP contribution in [-0.4, -0.2) is 29.8 Å². The lowest BCUT2D eigenvalue weighted by Crippen LogP contribution is -2.47. The summed E-state index contributed by atoms with van der Waals surface area (Å²) < 4.78 is 0. The standard InChI is InChI=1S/C11H21NO/c1-8-5-9(2)11(4)12(6-8)7-10(3)13/h8-9,11H,5-7H2,1-4H3. The summed E-state index contributed by atoms with van der Waals surface area (Å²) in [5, 5.41) is 0. The lowest BCUT2D eigenvalue weighted by atomic mass is 9.86. The molecule has 0 amide bonds. The van der Waals surface area contributed by atoms with Crippen molar-refractivity contribution >= 4 is 5.78 Å². The fourth-order valence-corrected chi connectivity index (χ4v) is 2.33. The third kappa shape index (κ3) is 2.80. The summed E-state index contributed by atoms with van der Waals surface area (Å²) in [5.41, 5.74) is 0. The Morgan fingerprint density at radius 2 is 2.00 bits per heavy atom. The number of likely N-dealkylation sites (tertiary alicyclic amines) is 1. The maximum Gasteiger partial charge on any atom is 0.143 e. The van der Waals surface area contributed by atoms with Crippen molar-refractivity contribution in [2.75, 3.05) is 13.1 Å². The molecule has 1 saturated heterocycles. The van der Waals surface area contributed by atoms with E-state index in [0.29, 0.717) is 12.6 Å². The number of carbonyl (C=O) groups is 1. The van der Waals surface area contributed by atoms with Gasteiger partial charge in [0, 0.05) is 12.6 Å². The van der Waals surface area contributed by atoms with Crippen LogP contribution in [0.15, 0.2) is 0 Å². The first-order valence-electron chi connectivity index (χ1n) is 5.24. The molecule has 2 heteroatoms. The van der Waals surface area contributed by atoms with E-state index in [4.69, 9.17) is 0 Å². The fourth-order valence-electron chi connectivity index (χ4n) is 2.33. The minimum atomic E-state index is 0.285. The third-order valence-electron chi connectivity index (χ3n) is 3.15. The predicted molar refractivity (Wildman–Crippen MR) is 54.7 cm³/mol. The number of nitrogens with zero attached hydrogens (tertiary/aromatic N) is 1. The van der Waals surface area contributed by atoms with Gasteiger partial charge in [-0.15, -0.1) is 0 Å². The molecule has 2 nitrogen and oxygen atoms in total. The zero-order valence-electron chi connectivity index (χ0n) is 9.21. The van der Waals surface area contributed by atoms with Gasteiger partial charge in [0.05, 0.1) is 6.54 Å². The van der Waals surface area contributed by atoms with Crippen LogP contribution in [0.4, 0.5) is 0 Å². The van der Waals surface area contributed by atoms with E-state index in [1.54, 1.807) is 6.92 Å². The van der Waals surface area contributed by atoms with E-state index >= 15 is 0 Å². The van der Waals surface area contributed by atoms with E-state index < -0.39 is 0 Å². The lowest BCUT2D eigenvalue weighted by Gasteiger charge is -2.40. The first-order chi connectivity index (χ1) is 6.00. The lowest BCUT2D eigenvalue weighted by molar-refractivity contribution is -0.119. The van der Waals surface area contributed by atoms with Crippen LogP contribution >= 0.6 is 0 Å². The van der Waals surface area contributed by atoms with Crippen LogP contribution in [0.2, 0.25) is 0 Å². The van der Waals surface area contributed by atoms with E-state index in [2.05, 4.69) is 25.7 Å². The molecular formula is C11H21NO. The zero-order chi connectivity index (χ0) is 10.0. The number of rotatable bonds is 2. The SMILES string of the molecule is CC(=O)CN1CC(C)CC(C)C1C. The summed E-state index contributed by atoms with van der Waals surface area (Å²) in [4.78, 5) is 13.3. The van der Waals surface area contributed by atoms with Gasteiger partial charge < -0.3 is 0 Å². The molecule has 0 aromatic carbocycles. The molecule has 0 aliphatic carbocycles. The molecule has 0 saturated carbocycles. The predicted octanol–water partition coefficient (Wildman–Crippen LogP) is 1.94. The largest absolute Gasteiger partial charge is 0.299 e. The van der Waals surface area contributed by atoms with E-state index in [0.717, 1.165) is 18.4 Å². The van der Waals surface area contributed by atoms with Gasteiger partial charge in [-0.1, -0.05) is 13.8 Å². The van der Waals surface area contributed by atoms with Crippen LogP contribution in [0.5, 0.6) is 0 Å². The van der Waals surface area contributed by atoms with Crippen molar-refractivity contribution in [3.05, 3.63) is 0 Å². The highest BCUT2D eigenvalue weighted by molar-refractivity contribution is 5.77. The van der Waals surface area contributed by atoms with Gasteiger partial charge in [0.25, 0.3) is 0 Å². The molecule has 0 spiro atoms. The zero-order valence-corrected chi connectivity index (χ0v) is 9.21. The van der Waals surface area contributed by atoms with Gasteiger partial charge >= 0.3 is 0 Å². The monoisotopic (exact) mass is 183 g/mol. The molecule has 76 valence electrons. The summed E-state index contributed by atoms with van der Waals surface area (Å²) in [5.74, 6) is 1.75. The van der Waals surface area contributed by atoms with Crippen LogP contribution in [0.25, 0.3) is 0 Å². The summed E-state index contributed by atoms with van der Waals surface area (Å²) in [7, 11) is 0. The second-order valence-electron chi connectivity index (χ2n) is 4.69. The minimum absolute atomic E-state index is 0.285. The second-order valence-corrected chi connectivity index (χ2v) is 4.69. The molecule has 0 aromatic rings. The van der Waals surface area contributed by atoms with Gasteiger partial charge in [0.1, 0.15) is 5.78 Å². The van der Waals surface area contributed by atoms with Crippen LogP contribution in [0, 0.1) is 11.8 Å². The van der Waals surface area contributed by atoms with E-state index in [1.807, 2.05) is 0 Å². The Hall–Kier alpha value is -0.370. The van der Waals surface area contributed by atoms with Gasteiger partial charge in [0.2, 0.25) is 0 Å². The van der Waals surface area contributed by atoms with Crippen molar-refractivity contribution in [1.29, 1.82) is 0 Å². The summed E-state index contributed by atoms with van der Waals surface area (Å²) in [6, 6.07) is 0.570. The Morgan fingerprint density at radius 1 is 1.38 bits per heavy atom. The molecule has 3 unspecified atom stereocenters. The number of ketones is 1. The number of Topliss-reactive ketones (excluding diaryl/α,β-unsaturated/α-hetero) is 1. The van der Waals surface area contributed by atoms with Gasteiger partial charge in [-0.25, -0.2) is 0 Å². The second kappa shape index (κ2) is 4.23. The van der Waals surface area contributed by atoms with Crippen molar-refractivity contribution in [3.8, 4) is 0 Å². The van der Waals surface area contributed by atoms with Crippen molar-refractivity contribution in [2.24, 2.45) is 11.8 Å². The Balaban J connectivity index is 2.55. The van der Waals surface area contributed by atoms with Crippen molar-refractivity contribution < 1.29 is 4.79 Å². The Bertz CT molecular complexity index is 191. The number of carbonyl (C=O) groups excluding carboxylic acids is 1. The molecule has 1 rings (SSSR count). The van der Waals surface area contributed by atoms with Gasteiger partial charge in [-0.3, -0.25) is 9.69 Å². The maximum absolute atomic E-state index is 11.0. The summed E-state index contributed by atoms with van der Waals surface area (Å²) in [6.07, 6.45) is 1.30. The van der Waals surface area contributed by atoms with Crippen molar-refractivity contribution in [2.45, 2.75) is 40.2 Å². The molecule has 3 atom stereocenters. The highest BCUT2D eigenvalue weighted by Crippen LogP contribution is 2.26. The topological polar surface area (TPSA) is 20.3 Å². The molecule has 0 aromatic heterocycles. The summed E-state index contributed by atoms with van der Waals surface area (Å²) in [6.45, 7) is 10.2. The van der Waals surface area contributed by atoms with Crippen molar-refractivity contribution in [3.63, 3.8) is 0 Å². The molecule has 1 aliphatic rings. The van der Waals surface area contributed by atoms with Gasteiger partial charge in [0.15, 0.2) is 0 Å². The molecule has 13 heavy (non-hydrogen) atoms. The highest BCUT2D eigenvalue weighted by Gasteiger charge is 2.28. The minimum Gasteiger partial charge on any atom is -0.299 e. The highest BCUT2D eigenvalue weighted by atomic mass is 16.1. The number of hydrogen-bond donors (Lipinski definition) is 0. The Morgan fingerprint density at radius 3 is 2.54 bits per heavy atom. The quantitative estimate of drug-likeness (QED) is 0.652. The molecule has 1 fully saturated rings. The molecule has 0 radical (unpaired) electrons. The van der Waals surface area contributed by atoms with Gasteiger partial charge in [-0.2, -0.15) is 0 Å².